The fourth-order valence-corrected chi connectivity index (χ4v) is 1.83. The third-order valence-corrected chi connectivity index (χ3v) is 2.87. The third kappa shape index (κ3) is 4.66. The molecule has 1 atom stereocenters. The summed E-state index contributed by atoms with van der Waals surface area (Å²) in [6, 6.07) is 5.81. The number of alkyl halides is 3. The van der Waals surface area contributed by atoms with E-state index in [0.717, 1.165) is 24.1 Å². The van der Waals surface area contributed by atoms with E-state index in [0.29, 0.717) is 12.1 Å². The first-order valence-corrected chi connectivity index (χ1v) is 6.06. The number of quaternary nitrogens is 2. The number of likely N-dealkylation sites (N-methyl/N-ethyl adjacent to an activating group) is 2. The molecule has 0 heterocycles. The van der Waals surface area contributed by atoms with Crippen LogP contribution in [0.15, 0.2) is 24.3 Å². The first kappa shape index (κ1) is 15.0. The van der Waals surface area contributed by atoms with Gasteiger partial charge in [-0.25, -0.2) is 0 Å². The monoisotopic (exact) mass is 262 g/mol. The summed E-state index contributed by atoms with van der Waals surface area (Å²) in [6.45, 7) is 2.21. The molecule has 0 saturated carbocycles. The van der Waals surface area contributed by atoms with Gasteiger partial charge in [0.15, 0.2) is 0 Å². The highest BCUT2D eigenvalue weighted by Gasteiger charge is 2.33. The lowest BCUT2D eigenvalue weighted by Gasteiger charge is -2.18. The summed E-state index contributed by atoms with van der Waals surface area (Å²) in [5.74, 6) is 0. The Kier molecular flexibility index (Phi) is 5.16. The number of halogens is 3. The molecule has 0 fully saturated rings. The van der Waals surface area contributed by atoms with Gasteiger partial charge in [0.1, 0.15) is 19.6 Å². The molecule has 0 radical (unpaired) electrons. The molecule has 2 N–H and O–H groups in total. The standard InChI is InChI=1S/C13H19F3N2/c1-17(2)8-9-18(3)10-11-6-4-5-7-12(11)13(14,15)16/h4-7H,8-10H2,1-3H3/p+2. The number of benzene rings is 1. The van der Waals surface area contributed by atoms with E-state index in [2.05, 4.69) is 0 Å². The summed E-state index contributed by atoms with van der Waals surface area (Å²) >= 11 is 0. The SMILES string of the molecule is C[NH+](C)CC[NH+](C)Cc1ccccc1C(F)(F)F. The Morgan fingerprint density at radius 1 is 1.00 bits per heavy atom. The van der Waals surface area contributed by atoms with Crippen LogP contribution in [-0.4, -0.2) is 34.2 Å². The molecule has 0 spiro atoms. The van der Waals surface area contributed by atoms with Crippen LogP contribution in [0.4, 0.5) is 13.2 Å². The summed E-state index contributed by atoms with van der Waals surface area (Å²) in [5.41, 5.74) is -0.141. The lowest BCUT2D eigenvalue weighted by Crippen LogP contribution is -3.15. The van der Waals surface area contributed by atoms with E-state index in [1.54, 1.807) is 12.1 Å². The lowest BCUT2D eigenvalue weighted by molar-refractivity contribution is -0.937. The van der Waals surface area contributed by atoms with Crippen molar-refractivity contribution in [3.05, 3.63) is 35.4 Å². The van der Waals surface area contributed by atoms with E-state index in [1.165, 1.54) is 11.0 Å². The fourth-order valence-electron chi connectivity index (χ4n) is 1.83. The zero-order valence-corrected chi connectivity index (χ0v) is 11.1. The van der Waals surface area contributed by atoms with Crippen molar-refractivity contribution in [2.75, 3.05) is 34.2 Å². The van der Waals surface area contributed by atoms with Gasteiger partial charge in [0, 0.05) is 5.56 Å². The van der Waals surface area contributed by atoms with Crippen molar-refractivity contribution in [2.24, 2.45) is 0 Å². The molecule has 0 aliphatic heterocycles. The largest absolute Gasteiger partial charge is 0.416 e. The molecule has 0 bridgehead atoms. The van der Waals surface area contributed by atoms with E-state index >= 15 is 0 Å². The topological polar surface area (TPSA) is 8.88 Å². The second-order valence-electron chi connectivity index (χ2n) is 5.00. The van der Waals surface area contributed by atoms with Crippen molar-refractivity contribution >= 4 is 0 Å². The summed E-state index contributed by atoms with van der Waals surface area (Å²) in [7, 11) is 6.00. The normalized spacial score (nSPS) is 13.9. The number of rotatable bonds is 5. The second kappa shape index (κ2) is 6.20. The van der Waals surface area contributed by atoms with Crippen molar-refractivity contribution in [1.29, 1.82) is 0 Å². The number of nitrogens with one attached hydrogen (secondary N) is 2. The Bertz CT molecular complexity index is 375. The van der Waals surface area contributed by atoms with E-state index in [-0.39, 0.29) is 0 Å². The molecule has 0 aliphatic rings. The molecule has 0 amide bonds. The molecule has 102 valence electrons. The highest BCUT2D eigenvalue weighted by atomic mass is 19.4. The molecule has 1 rings (SSSR count). The van der Waals surface area contributed by atoms with Gasteiger partial charge in [-0.1, -0.05) is 18.2 Å². The van der Waals surface area contributed by atoms with Gasteiger partial charge in [-0.15, -0.1) is 0 Å². The molecule has 18 heavy (non-hydrogen) atoms. The average molecular weight is 262 g/mol. The quantitative estimate of drug-likeness (QED) is 0.731. The molecule has 1 unspecified atom stereocenters. The van der Waals surface area contributed by atoms with Gasteiger partial charge >= 0.3 is 6.18 Å². The summed E-state index contributed by atoms with van der Waals surface area (Å²) < 4.78 is 38.4. The van der Waals surface area contributed by atoms with Crippen LogP contribution in [0.25, 0.3) is 0 Å². The van der Waals surface area contributed by atoms with Crippen molar-refractivity contribution in [2.45, 2.75) is 12.7 Å². The minimum Gasteiger partial charge on any atom is -0.335 e. The number of hydrogen-bond donors (Lipinski definition) is 2. The van der Waals surface area contributed by atoms with Crippen LogP contribution in [0.5, 0.6) is 0 Å². The van der Waals surface area contributed by atoms with Crippen LogP contribution < -0.4 is 9.80 Å². The van der Waals surface area contributed by atoms with Crippen molar-refractivity contribution < 1.29 is 23.0 Å². The van der Waals surface area contributed by atoms with Crippen molar-refractivity contribution in [3.8, 4) is 0 Å². The van der Waals surface area contributed by atoms with Crippen LogP contribution in [0.1, 0.15) is 11.1 Å². The Morgan fingerprint density at radius 3 is 2.17 bits per heavy atom. The van der Waals surface area contributed by atoms with Gasteiger partial charge in [-0.2, -0.15) is 13.2 Å². The van der Waals surface area contributed by atoms with E-state index in [4.69, 9.17) is 0 Å². The van der Waals surface area contributed by atoms with Crippen LogP contribution in [0.3, 0.4) is 0 Å². The Morgan fingerprint density at radius 2 is 1.61 bits per heavy atom. The van der Waals surface area contributed by atoms with Crippen molar-refractivity contribution in [1.82, 2.24) is 0 Å². The van der Waals surface area contributed by atoms with Crippen LogP contribution >= 0.6 is 0 Å². The van der Waals surface area contributed by atoms with Gasteiger partial charge in [-0.3, -0.25) is 0 Å². The molecular formula is C13H21F3N2+2. The molecule has 0 saturated heterocycles. The highest BCUT2D eigenvalue weighted by molar-refractivity contribution is 5.28. The van der Waals surface area contributed by atoms with Gasteiger partial charge in [0.25, 0.3) is 0 Å². The molecule has 1 aromatic rings. The Balaban J connectivity index is 2.72. The summed E-state index contributed by atoms with van der Waals surface area (Å²) in [6.07, 6.45) is -4.26. The summed E-state index contributed by atoms with van der Waals surface area (Å²) in [5, 5.41) is 0. The van der Waals surface area contributed by atoms with Gasteiger partial charge in [0.2, 0.25) is 0 Å². The highest BCUT2D eigenvalue weighted by Crippen LogP contribution is 2.31. The zero-order valence-electron chi connectivity index (χ0n) is 11.1. The smallest absolute Gasteiger partial charge is 0.335 e. The maximum atomic E-state index is 12.8. The fraction of sp³-hybridized carbons (Fsp3) is 0.538. The molecular weight excluding hydrogens is 241 g/mol. The predicted molar refractivity (Wildman–Crippen MR) is 64.6 cm³/mol. The van der Waals surface area contributed by atoms with E-state index in [9.17, 15) is 13.2 Å². The van der Waals surface area contributed by atoms with Gasteiger partial charge in [0.05, 0.1) is 26.7 Å². The average Bonchev–Trinajstić information content (AvgIpc) is 2.25. The zero-order chi connectivity index (χ0) is 13.8. The molecule has 1 aromatic carbocycles. The Hall–Kier alpha value is -1.07. The lowest BCUT2D eigenvalue weighted by atomic mass is 10.1. The first-order valence-electron chi connectivity index (χ1n) is 6.06. The first-order chi connectivity index (χ1) is 8.30. The Labute approximate surface area is 106 Å². The minimum atomic E-state index is -4.26. The van der Waals surface area contributed by atoms with E-state index < -0.39 is 11.7 Å². The predicted octanol–water partition coefficient (Wildman–Crippen LogP) is -0.135. The van der Waals surface area contributed by atoms with Crippen LogP contribution in [0.2, 0.25) is 0 Å². The third-order valence-electron chi connectivity index (χ3n) is 2.87. The maximum absolute atomic E-state index is 12.8. The molecule has 5 heteroatoms. The molecule has 0 aliphatic carbocycles. The van der Waals surface area contributed by atoms with Gasteiger partial charge < -0.3 is 9.80 Å². The second-order valence-corrected chi connectivity index (χ2v) is 5.00. The van der Waals surface area contributed by atoms with E-state index in [1.807, 2.05) is 21.1 Å². The van der Waals surface area contributed by atoms with Crippen LogP contribution in [0, 0.1) is 0 Å². The van der Waals surface area contributed by atoms with Gasteiger partial charge in [-0.05, 0) is 6.07 Å². The minimum absolute atomic E-state index is 0.372. The number of hydrogen-bond acceptors (Lipinski definition) is 0. The van der Waals surface area contributed by atoms with Crippen molar-refractivity contribution in [3.63, 3.8) is 0 Å². The molecule has 0 aromatic heterocycles. The maximum Gasteiger partial charge on any atom is 0.416 e. The summed E-state index contributed by atoms with van der Waals surface area (Å²) in [4.78, 5) is 2.39. The van der Waals surface area contributed by atoms with Crippen LogP contribution in [-0.2, 0) is 12.7 Å². The molecule has 2 nitrogen and oxygen atoms in total.